The van der Waals surface area contributed by atoms with Crippen LogP contribution in [0.1, 0.15) is 22.3 Å². The zero-order valence-electron chi connectivity index (χ0n) is 16.4. The molecule has 0 radical (unpaired) electrons. The van der Waals surface area contributed by atoms with Crippen LogP contribution in [0.2, 0.25) is 0 Å². The highest BCUT2D eigenvalue weighted by Gasteiger charge is 2.25. The Morgan fingerprint density at radius 1 is 1.19 bits per heavy atom. The van der Waals surface area contributed by atoms with Gasteiger partial charge in [0.2, 0.25) is 0 Å². The van der Waals surface area contributed by atoms with Crippen molar-refractivity contribution in [3.8, 4) is 11.5 Å². The molecule has 1 aliphatic heterocycles. The molecule has 164 valence electrons. The molecule has 2 aromatic rings. The van der Waals surface area contributed by atoms with E-state index >= 15 is 0 Å². The normalized spacial score (nSPS) is 12.8. The van der Waals surface area contributed by atoms with Gasteiger partial charge in [0.25, 0.3) is 11.6 Å². The van der Waals surface area contributed by atoms with Crippen LogP contribution in [0, 0.1) is 10.1 Å². The van der Waals surface area contributed by atoms with Crippen LogP contribution in [0.3, 0.4) is 0 Å². The molecule has 0 unspecified atom stereocenters. The fourth-order valence-corrected chi connectivity index (χ4v) is 3.23. The van der Waals surface area contributed by atoms with E-state index in [0.29, 0.717) is 30.6 Å². The third kappa shape index (κ3) is 5.05. The number of fused-ring (bicyclic) bond motifs is 1. The molecule has 9 nitrogen and oxygen atoms in total. The standard InChI is InChI=1S/C20H18F2N2O7/c1-29-17-10-13(4-7-16(17)31-20(21)22)19(26)30-11-18(25)23-8-2-3-12-9-14(24(27)28)5-6-15(12)23/h4-7,9-10,20H,2-3,8,11H2,1H3. The van der Waals surface area contributed by atoms with Crippen molar-refractivity contribution < 1.29 is 37.5 Å². The molecule has 0 spiro atoms. The number of halogens is 2. The van der Waals surface area contributed by atoms with E-state index in [1.165, 1.54) is 42.3 Å². The summed E-state index contributed by atoms with van der Waals surface area (Å²) in [5, 5.41) is 10.9. The minimum absolute atomic E-state index is 0.0130. The van der Waals surface area contributed by atoms with Gasteiger partial charge in [-0.25, -0.2) is 4.79 Å². The molecule has 0 atom stereocenters. The van der Waals surface area contributed by atoms with Gasteiger partial charge in [-0.1, -0.05) is 0 Å². The molecule has 0 aliphatic carbocycles. The Hall–Kier alpha value is -3.76. The zero-order chi connectivity index (χ0) is 22.5. The number of aryl methyl sites for hydroxylation is 1. The lowest BCUT2D eigenvalue weighted by molar-refractivity contribution is -0.384. The van der Waals surface area contributed by atoms with Gasteiger partial charge in [-0.2, -0.15) is 8.78 Å². The summed E-state index contributed by atoms with van der Waals surface area (Å²) in [6.45, 7) is -3.24. The van der Waals surface area contributed by atoms with Crippen molar-refractivity contribution >= 4 is 23.3 Å². The Morgan fingerprint density at radius 2 is 1.97 bits per heavy atom. The highest BCUT2D eigenvalue weighted by molar-refractivity contribution is 5.98. The van der Waals surface area contributed by atoms with Crippen molar-refractivity contribution in [2.24, 2.45) is 0 Å². The van der Waals surface area contributed by atoms with Crippen molar-refractivity contribution in [3.05, 3.63) is 57.6 Å². The first-order valence-electron chi connectivity index (χ1n) is 9.18. The topological polar surface area (TPSA) is 108 Å². The fourth-order valence-electron chi connectivity index (χ4n) is 3.23. The lowest BCUT2D eigenvalue weighted by Gasteiger charge is -2.29. The summed E-state index contributed by atoms with van der Waals surface area (Å²) in [5.41, 5.74) is 1.13. The van der Waals surface area contributed by atoms with E-state index in [-0.39, 0.29) is 22.7 Å². The molecule has 3 rings (SSSR count). The number of benzene rings is 2. The van der Waals surface area contributed by atoms with Crippen LogP contribution in [0.5, 0.6) is 11.5 Å². The number of nitro benzene ring substituents is 1. The van der Waals surface area contributed by atoms with E-state index in [1.807, 2.05) is 0 Å². The fraction of sp³-hybridized carbons (Fsp3) is 0.300. The molecule has 0 saturated heterocycles. The molecule has 1 amide bonds. The number of alkyl halides is 2. The molecule has 2 aromatic carbocycles. The largest absolute Gasteiger partial charge is 0.493 e. The van der Waals surface area contributed by atoms with Crippen LogP contribution < -0.4 is 14.4 Å². The van der Waals surface area contributed by atoms with Crippen molar-refractivity contribution in [2.75, 3.05) is 25.2 Å². The molecule has 0 N–H and O–H groups in total. The molecule has 1 heterocycles. The van der Waals surface area contributed by atoms with E-state index in [1.54, 1.807) is 0 Å². The van der Waals surface area contributed by atoms with Crippen molar-refractivity contribution in [1.29, 1.82) is 0 Å². The number of hydrogen-bond acceptors (Lipinski definition) is 7. The van der Waals surface area contributed by atoms with Crippen molar-refractivity contribution in [3.63, 3.8) is 0 Å². The first-order chi connectivity index (χ1) is 14.8. The molecule has 11 heteroatoms. The molecule has 1 aliphatic rings. The molecule has 0 bridgehead atoms. The number of nitro groups is 1. The molecular weight excluding hydrogens is 418 g/mol. The van der Waals surface area contributed by atoms with Crippen molar-refractivity contribution in [1.82, 2.24) is 0 Å². The van der Waals surface area contributed by atoms with Crippen LogP contribution >= 0.6 is 0 Å². The Labute approximate surface area is 175 Å². The maximum Gasteiger partial charge on any atom is 0.387 e. The Balaban J connectivity index is 1.68. The lowest BCUT2D eigenvalue weighted by Crippen LogP contribution is -2.38. The first kappa shape index (κ1) is 21.9. The zero-order valence-corrected chi connectivity index (χ0v) is 16.4. The monoisotopic (exact) mass is 436 g/mol. The Kier molecular flexibility index (Phi) is 6.63. The Bertz CT molecular complexity index is 1010. The second kappa shape index (κ2) is 9.37. The van der Waals surface area contributed by atoms with Gasteiger partial charge >= 0.3 is 12.6 Å². The summed E-state index contributed by atoms with van der Waals surface area (Å²) in [6, 6.07) is 7.75. The average Bonchev–Trinajstić information content (AvgIpc) is 2.76. The second-order valence-corrected chi connectivity index (χ2v) is 6.54. The van der Waals surface area contributed by atoms with Gasteiger partial charge in [0.05, 0.1) is 17.6 Å². The van der Waals surface area contributed by atoms with Gasteiger partial charge in [-0.3, -0.25) is 14.9 Å². The number of anilines is 1. The van der Waals surface area contributed by atoms with Gasteiger partial charge in [-0.05, 0) is 42.7 Å². The quantitative estimate of drug-likeness (QED) is 0.372. The minimum Gasteiger partial charge on any atom is -0.493 e. The third-order valence-electron chi connectivity index (χ3n) is 4.64. The van der Waals surface area contributed by atoms with Crippen molar-refractivity contribution in [2.45, 2.75) is 19.5 Å². The van der Waals surface area contributed by atoms with E-state index in [2.05, 4.69) is 4.74 Å². The van der Waals surface area contributed by atoms with E-state index in [9.17, 15) is 28.5 Å². The maximum atomic E-state index is 12.6. The minimum atomic E-state index is -3.06. The van der Waals surface area contributed by atoms with E-state index in [0.717, 1.165) is 6.07 Å². The summed E-state index contributed by atoms with van der Waals surface area (Å²) >= 11 is 0. The van der Waals surface area contributed by atoms with Crippen LogP contribution in [-0.4, -0.2) is 43.7 Å². The number of amides is 1. The number of ether oxygens (including phenoxy) is 3. The molecule has 0 fully saturated rings. The number of carbonyl (C=O) groups excluding carboxylic acids is 2. The number of nitrogens with zero attached hydrogens (tertiary/aromatic N) is 2. The van der Waals surface area contributed by atoms with Gasteiger partial charge in [0.1, 0.15) is 0 Å². The van der Waals surface area contributed by atoms with Crippen LogP contribution in [0.15, 0.2) is 36.4 Å². The predicted octanol–water partition coefficient (Wildman–Crippen LogP) is 3.34. The number of rotatable bonds is 7. The van der Waals surface area contributed by atoms with Gasteiger partial charge < -0.3 is 19.1 Å². The maximum absolute atomic E-state index is 12.6. The summed E-state index contributed by atoms with van der Waals surface area (Å²) in [7, 11) is 1.23. The molecular formula is C20H18F2N2O7. The predicted molar refractivity (Wildman–Crippen MR) is 104 cm³/mol. The van der Waals surface area contributed by atoms with Gasteiger partial charge in [0, 0.05) is 24.4 Å². The van der Waals surface area contributed by atoms with Crippen LogP contribution in [0.25, 0.3) is 0 Å². The van der Waals surface area contributed by atoms with Gasteiger partial charge in [-0.15, -0.1) is 0 Å². The Morgan fingerprint density at radius 3 is 2.65 bits per heavy atom. The number of esters is 1. The second-order valence-electron chi connectivity index (χ2n) is 6.54. The van der Waals surface area contributed by atoms with E-state index in [4.69, 9.17) is 9.47 Å². The number of methoxy groups -OCH3 is 1. The average molecular weight is 436 g/mol. The number of carbonyl (C=O) groups is 2. The van der Waals surface area contributed by atoms with E-state index < -0.39 is 30.0 Å². The molecule has 0 saturated carbocycles. The third-order valence-corrected chi connectivity index (χ3v) is 4.64. The van der Waals surface area contributed by atoms with Crippen LogP contribution in [0.4, 0.5) is 20.2 Å². The molecule has 0 aromatic heterocycles. The molecule has 31 heavy (non-hydrogen) atoms. The summed E-state index contributed by atoms with van der Waals surface area (Å²) < 4.78 is 39.1. The highest BCUT2D eigenvalue weighted by atomic mass is 19.3. The van der Waals surface area contributed by atoms with Gasteiger partial charge in [0.15, 0.2) is 18.1 Å². The number of hydrogen-bond donors (Lipinski definition) is 0. The summed E-state index contributed by atoms with van der Waals surface area (Å²) in [5.74, 6) is -1.68. The van der Waals surface area contributed by atoms with Crippen LogP contribution in [-0.2, 0) is 16.0 Å². The lowest BCUT2D eigenvalue weighted by atomic mass is 10.0. The summed E-state index contributed by atoms with van der Waals surface area (Å²) in [4.78, 5) is 36.7. The first-order valence-corrected chi connectivity index (χ1v) is 9.18. The number of non-ortho nitro benzene ring substituents is 1. The SMILES string of the molecule is COc1cc(C(=O)OCC(=O)N2CCCc3cc([N+](=O)[O-])ccc32)ccc1OC(F)F. The summed E-state index contributed by atoms with van der Waals surface area (Å²) in [6.07, 6.45) is 1.20. The highest BCUT2D eigenvalue weighted by Crippen LogP contribution is 2.31. The smallest absolute Gasteiger partial charge is 0.387 e.